The lowest BCUT2D eigenvalue weighted by atomic mass is 9.49. The maximum Gasteiger partial charge on any atom is 0.199 e. The van der Waals surface area contributed by atoms with Crippen molar-refractivity contribution in [3.05, 3.63) is 40.9 Å². The molecule has 31 heavy (non-hydrogen) atoms. The van der Waals surface area contributed by atoms with Crippen molar-refractivity contribution in [3.8, 4) is 0 Å². The highest BCUT2D eigenvalue weighted by atomic mass is 32.1. The molecule has 1 aromatic carbocycles. The lowest BCUT2D eigenvalue weighted by Crippen LogP contribution is -2.50. The summed E-state index contributed by atoms with van der Waals surface area (Å²) in [5.74, 6) is 4.12. The number of hydrogen-bond acceptors (Lipinski definition) is 4. The molecule has 0 radical (unpaired) electrons. The van der Waals surface area contributed by atoms with E-state index in [1.54, 1.807) is 0 Å². The van der Waals surface area contributed by atoms with Gasteiger partial charge >= 0.3 is 0 Å². The zero-order valence-corrected chi connectivity index (χ0v) is 19.6. The highest BCUT2D eigenvalue weighted by molar-refractivity contribution is 7.71. The molecule has 0 atom stereocenters. The summed E-state index contributed by atoms with van der Waals surface area (Å²) >= 11 is 5.96. The van der Waals surface area contributed by atoms with Gasteiger partial charge in [-0.1, -0.05) is 18.2 Å². The van der Waals surface area contributed by atoms with Crippen LogP contribution in [0.5, 0.6) is 0 Å². The molecule has 6 heteroatoms. The molecule has 0 spiro atoms. The molecule has 2 aromatic rings. The SMILES string of the molecule is CCn1c(C23CC4CC(CC(C4)C2)C3)nn(CN2CCN(c3ccccc3)CC2)c1=S. The number of nitrogens with zero attached hydrogens (tertiary/aromatic N) is 5. The maximum absolute atomic E-state index is 5.96. The van der Waals surface area contributed by atoms with Crippen LogP contribution in [0, 0.1) is 22.5 Å². The first-order chi connectivity index (χ1) is 15.1. The summed E-state index contributed by atoms with van der Waals surface area (Å²) in [6.45, 7) is 8.25. The minimum absolute atomic E-state index is 0.301. The topological polar surface area (TPSA) is 29.2 Å². The van der Waals surface area contributed by atoms with Crippen LogP contribution in [-0.2, 0) is 18.6 Å². The Labute approximate surface area is 191 Å². The van der Waals surface area contributed by atoms with E-state index in [0.29, 0.717) is 5.41 Å². The van der Waals surface area contributed by atoms with E-state index in [4.69, 9.17) is 17.3 Å². The third kappa shape index (κ3) is 3.46. The van der Waals surface area contributed by atoms with Gasteiger partial charge in [0.15, 0.2) is 4.77 Å². The quantitative estimate of drug-likeness (QED) is 0.635. The molecular formula is C25H35N5S. The number of aromatic nitrogens is 3. The summed E-state index contributed by atoms with van der Waals surface area (Å²) in [7, 11) is 0. The molecule has 1 aromatic heterocycles. The van der Waals surface area contributed by atoms with Crippen molar-refractivity contribution < 1.29 is 0 Å². The zero-order chi connectivity index (χ0) is 21.0. The average Bonchev–Trinajstić information content (AvgIpc) is 3.10. The second-order valence-corrected chi connectivity index (χ2v) is 11.0. The Morgan fingerprint density at radius 1 is 0.935 bits per heavy atom. The van der Waals surface area contributed by atoms with Crippen LogP contribution in [0.25, 0.3) is 0 Å². The van der Waals surface area contributed by atoms with Crippen LogP contribution >= 0.6 is 12.2 Å². The first kappa shape index (κ1) is 20.0. The lowest BCUT2D eigenvalue weighted by molar-refractivity contribution is -0.0114. The van der Waals surface area contributed by atoms with Crippen LogP contribution in [0.15, 0.2) is 30.3 Å². The fourth-order valence-corrected chi connectivity index (χ4v) is 7.88. The molecule has 166 valence electrons. The summed E-state index contributed by atoms with van der Waals surface area (Å²) in [6, 6.07) is 10.8. The predicted octanol–water partition coefficient (Wildman–Crippen LogP) is 4.68. The minimum atomic E-state index is 0.301. The molecular weight excluding hydrogens is 402 g/mol. The molecule has 7 rings (SSSR count). The zero-order valence-electron chi connectivity index (χ0n) is 18.7. The van der Waals surface area contributed by atoms with Crippen LogP contribution in [-0.4, -0.2) is 45.4 Å². The third-order valence-electron chi connectivity index (χ3n) is 8.58. The van der Waals surface area contributed by atoms with Crippen molar-refractivity contribution in [3.63, 3.8) is 0 Å². The highest BCUT2D eigenvalue weighted by Gasteiger charge is 2.53. The molecule has 0 N–H and O–H groups in total. The number of anilines is 1. The Kier molecular flexibility index (Phi) is 4.98. The van der Waals surface area contributed by atoms with E-state index in [-0.39, 0.29) is 0 Å². The Morgan fingerprint density at radius 3 is 2.13 bits per heavy atom. The predicted molar refractivity (Wildman–Crippen MR) is 127 cm³/mol. The van der Waals surface area contributed by atoms with Gasteiger partial charge in [-0.3, -0.25) is 4.90 Å². The second-order valence-electron chi connectivity index (χ2n) is 10.6. The Bertz CT molecular complexity index is 950. The number of para-hydroxylation sites is 1. The summed E-state index contributed by atoms with van der Waals surface area (Å²) < 4.78 is 5.45. The van der Waals surface area contributed by atoms with Crippen LogP contribution in [0.4, 0.5) is 5.69 Å². The molecule has 5 nitrogen and oxygen atoms in total. The molecule has 1 saturated heterocycles. The van der Waals surface area contributed by atoms with Gasteiger partial charge in [0.05, 0.1) is 6.67 Å². The van der Waals surface area contributed by atoms with Crippen molar-refractivity contribution in [2.45, 2.75) is 64.1 Å². The van der Waals surface area contributed by atoms with Crippen molar-refractivity contribution in [1.82, 2.24) is 19.2 Å². The van der Waals surface area contributed by atoms with E-state index in [1.165, 1.54) is 50.0 Å². The van der Waals surface area contributed by atoms with Gasteiger partial charge in [0.2, 0.25) is 0 Å². The smallest absolute Gasteiger partial charge is 0.199 e. The molecule has 4 aliphatic carbocycles. The maximum atomic E-state index is 5.96. The van der Waals surface area contributed by atoms with Gasteiger partial charge in [0.25, 0.3) is 0 Å². The Hall–Kier alpha value is -1.66. The number of benzene rings is 1. The van der Waals surface area contributed by atoms with Gasteiger partial charge in [-0.05, 0) is 87.6 Å². The van der Waals surface area contributed by atoms with Crippen molar-refractivity contribution in [1.29, 1.82) is 0 Å². The van der Waals surface area contributed by atoms with Crippen molar-refractivity contribution in [2.24, 2.45) is 17.8 Å². The molecule has 4 bridgehead atoms. The van der Waals surface area contributed by atoms with E-state index in [1.807, 2.05) is 0 Å². The highest BCUT2D eigenvalue weighted by Crippen LogP contribution is 2.60. The largest absolute Gasteiger partial charge is 0.369 e. The fourth-order valence-electron chi connectivity index (χ4n) is 7.57. The van der Waals surface area contributed by atoms with Crippen LogP contribution in [0.1, 0.15) is 51.3 Å². The summed E-state index contributed by atoms with van der Waals surface area (Å²) in [4.78, 5) is 5.01. The number of piperazine rings is 1. The van der Waals surface area contributed by atoms with Crippen LogP contribution < -0.4 is 4.90 Å². The van der Waals surface area contributed by atoms with Crippen LogP contribution in [0.2, 0.25) is 0 Å². The standard InChI is InChI=1S/C25H35N5S/c1-2-29-23(25-15-19-12-20(16-25)14-21(13-19)17-25)26-30(24(29)31)18-27-8-10-28(11-9-27)22-6-4-3-5-7-22/h3-7,19-21H,2,8-18H2,1H3. The van der Waals surface area contributed by atoms with Gasteiger partial charge < -0.3 is 9.47 Å². The van der Waals surface area contributed by atoms with E-state index >= 15 is 0 Å². The van der Waals surface area contributed by atoms with E-state index in [9.17, 15) is 0 Å². The Morgan fingerprint density at radius 2 is 1.55 bits per heavy atom. The Balaban J connectivity index is 1.21. The monoisotopic (exact) mass is 437 g/mol. The van der Waals surface area contributed by atoms with Crippen molar-refractivity contribution in [2.75, 3.05) is 31.1 Å². The van der Waals surface area contributed by atoms with Gasteiger partial charge in [-0.25, -0.2) is 4.68 Å². The van der Waals surface area contributed by atoms with Gasteiger partial charge in [-0.15, -0.1) is 0 Å². The number of hydrogen-bond donors (Lipinski definition) is 0. The normalized spacial score (nSPS) is 32.7. The fraction of sp³-hybridized carbons (Fsp3) is 0.680. The molecule has 4 saturated carbocycles. The summed E-state index contributed by atoms with van der Waals surface area (Å²) in [5, 5.41) is 5.26. The van der Waals surface area contributed by atoms with Gasteiger partial charge in [0.1, 0.15) is 5.82 Å². The summed E-state index contributed by atoms with van der Waals surface area (Å²) in [6.07, 6.45) is 8.46. The average molecular weight is 438 g/mol. The van der Waals surface area contributed by atoms with Gasteiger partial charge in [0, 0.05) is 43.8 Å². The van der Waals surface area contributed by atoms with Crippen molar-refractivity contribution >= 4 is 17.9 Å². The van der Waals surface area contributed by atoms with Crippen LogP contribution in [0.3, 0.4) is 0 Å². The van der Waals surface area contributed by atoms with E-state index in [0.717, 1.165) is 61.9 Å². The van der Waals surface area contributed by atoms with E-state index in [2.05, 4.69) is 56.3 Å². The minimum Gasteiger partial charge on any atom is -0.369 e. The third-order valence-corrected chi connectivity index (χ3v) is 9.01. The first-order valence-corrected chi connectivity index (χ1v) is 12.7. The second kappa shape index (κ2) is 7.73. The van der Waals surface area contributed by atoms with Gasteiger partial charge in [-0.2, -0.15) is 5.10 Å². The number of rotatable bonds is 5. The molecule has 2 heterocycles. The van der Waals surface area contributed by atoms with E-state index < -0.39 is 0 Å². The molecule has 0 amide bonds. The lowest BCUT2D eigenvalue weighted by Gasteiger charge is -2.56. The molecule has 5 fully saturated rings. The molecule has 0 unspecified atom stereocenters. The molecule has 1 aliphatic heterocycles. The first-order valence-electron chi connectivity index (χ1n) is 12.3. The summed E-state index contributed by atoms with van der Waals surface area (Å²) in [5.41, 5.74) is 1.63. The molecule has 5 aliphatic rings.